The lowest BCUT2D eigenvalue weighted by molar-refractivity contribution is 0.403. The second kappa shape index (κ2) is 6.23. The fourth-order valence-electron chi connectivity index (χ4n) is 4.30. The topological polar surface area (TPSA) is 26.0 Å². The molecule has 3 rings (SSSR count). The van der Waals surface area contributed by atoms with Crippen LogP contribution in [0.3, 0.4) is 0 Å². The number of benzene rings is 1. The first-order valence-corrected chi connectivity index (χ1v) is 9.10. The summed E-state index contributed by atoms with van der Waals surface area (Å²) < 4.78 is 5.21. The average Bonchev–Trinajstić information content (AvgIpc) is 3.08. The van der Waals surface area contributed by atoms with E-state index in [0.29, 0.717) is 0 Å². The lowest BCUT2D eigenvalue weighted by atomic mass is 9.82. The van der Waals surface area contributed by atoms with Crippen molar-refractivity contribution in [1.82, 2.24) is 5.16 Å². The summed E-state index contributed by atoms with van der Waals surface area (Å²) in [5, 5.41) is 3.78. The van der Waals surface area contributed by atoms with Crippen LogP contribution in [0.2, 0.25) is 0 Å². The van der Waals surface area contributed by atoms with Crippen LogP contribution in [-0.4, -0.2) is 5.16 Å². The predicted octanol–water partition coefficient (Wildman–Crippen LogP) is 6.15. The monoisotopic (exact) mass is 323 g/mol. The standard InChI is InChI=1S/C22H29NO/c1-6-7-8-16-13-19-20(22(4,5)15-21(19,2)3)14-17(16)9-10-18-11-12-23-24-18/h9-14H,6-8,15H2,1-5H3. The van der Waals surface area contributed by atoms with Crippen molar-refractivity contribution in [2.45, 2.75) is 71.1 Å². The molecule has 0 amide bonds. The normalized spacial score (nSPS) is 18.2. The maximum atomic E-state index is 5.21. The van der Waals surface area contributed by atoms with Crippen LogP contribution in [0.5, 0.6) is 0 Å². The summed E-state index contributed by atoms with van der Waals surface area (Å²) >= 11 is 0. The fourth-order valence-corrected chi connectivity index (χ4v) is 4.30. The molecule has 2 heteroatoms. The Balaban J connectivity index is 2.06. The van der Waals surface area contributed by atoms with Crippen molar-refractivity contribution in [2.75, 3.05) is 0 Å². The molecule has 1 aliphatic rings. The molecule has 0 saturated carbocycles. The molecule has 0 bridgehead atoms. The van der Waals surface area contributed by atoms with Gasteiger partial charge in [0.2, 0.25) is 0 Å². The predicted molar refractivity (Wildman–Crippen MR) is 101 cm³/mol. The Bertz CT molecular complexity index is 736. The van der Waals surface area contributed by atoms with Crippen molar-refractivity contribution in [1.29, 1.82) is 0 Å². The largest absolute Gasteiger partial charge is 0.357 e. The van der Waals surface area contributed by atoms with Crippen LogP contribution in [0.25, 0.3) is 12.2 Å². The van der Waals surface area contributed by atoms with Crippen LogP contribution in [0.15, 0.2) is 28.9 Å². The third-order valence-electron chi connectivity index (χ3n) is 5.31. The van der Waals surface area contributed by atoms with Gasteiger partial charge in [-0.05, 0) is 58.4 Å². The van der Waals surface area contributed by atoms with E-state index < -0.39 is 0 Å². The minimum absolute atomic E-state index is 0.233. The van der Waals surface area contributed by atoms with Crippen LogP contribution >= 0.6 is 0 Å². The van der Waals surface area contributed by atoms with Crippen molar-refractivity contribution in [3.05, 3.63) is 52.4 Å². The molecule has 0 N–H and O–H groups in total. The number of rotatable bonds is 5. The Morgan fingerprint density at radius 3 is 2.42 bits per heavy atom. The van der Waals surface area contributed by atoms with Gasteiger partial charge < -0.3 is 4.52 Å². The van der Waals surface area contributed by atoms with Crippen LogP contribution in [0, 0.1) is 0 Å². The number of fused-ring (bicyclic) bond motifs is 1. The molecule has 0 aliphatic heterocycles. The average molecular weight is 323 g/mol. The first-order valence-electron chi connectivity index (χ1n) is 9.10. The highest BCUT2D eigenvalue weighted by atomic mass is 16.5. The lowest BCUT2D eigenvalue weighted by Gasteiger charge is -2.22. The van der Waals surface area contributed by atoms with E-state index in [1.165, 1.54) is 41.5 Å². The molecule has 1 aromatic heterocycles. The molecule has 0 radical (unpaired) electrons. The molecule has 1 aromatic carbocycles. The Labute approximate surface area is 146 Å². The van der Waals surface area contributed by atoms with Crippen LogP contribution in [0.4, 0.5) is 0 Å². The Hall–Kier alpha value is -1.83. The number of aromatic nitrogens is 1. The van der Waals surface area contributed by atoms with Gasteiger partial charge in [-0.25, -0.2) is 0 Å². The van der Waals surface area contributed by atoms with Gasteiger partial charge in [-0.2, -0.15) is 0 Å². The zero-order chi connectivity index (χ0) is 17.4. The van der Waals surface area contributed by atoms with Crippen molar-refractivity contribution in [3.63, 3.8) is 0 Å². The van der Waals surface area contributed by atoms with Gasteiger partial charge >= 0.3 is 0 Å². The molecule has 128 valence electrons. The van der Waals surface area contributed by atoms with Crippen LogP contribution < -0.4 is 0 Å². The molecule has 0 fully saturated rings. The number of hydrogen-bond acceptors (Lipinski definition) is 2. The minimum Gasteiger partial charge on any atom is -0.357 e. The molecule has 1 heterocycles. The van der Waals surface area contributed by atoms with E-state index in [9.17, 15) is 0 Å². The number of hydrogen-bond donors (Lipinski definition) is 0. The summed E-state index contributed by atoms with van der Waals surface area (Å²) in [6.07, 6.45) is 10.7. The minimum atomic E-state index is 0.233. The quantitative estimate of drug-likeness (QED) is 0.660. The number of unbranched alkanes of at least 4 members (excludes halogenated alkanes) is 1. The summed E-state index contributed by atoms with van der Waals surface area (Å²) in [6, 6.07) is 6.78. The molecular weight excluding hydrogens is 294 g/mol. The zero-order valence-electron chi connectivity index (χ0n) is 15.6. The molecular formula is C22H29NO. The number of aryl methyl sites for hydroxylation is 1. The van der Waals surface area contributed by atoms with Crippen molar-refractivity contribution in [3.8, 4) is 0 Å². The van der Waals surface area contributed by atoms with Crippen molar-refractivity contribution in [2.24, 2.45) is 0 Å². The molecule has 0 spiro atoms. The Morgan fingerprint density at radius 1 is 1.08 bits per heavy atom. The molecule has 0 atom stereocenters. The highest BCUT2D eigenvalue weighted by molar-refractivity contribution is 5.71. The van der Waals surface area contributed by atoms with E-state index in [-0.39, 0.29) is 10.8 Å². The third-order valence-corrected chi connectivity index (χ3v) is 5.31. The maximum Gasteiger partial charge on any atom is 0.159 e. The van der Waals surface area contributed by atoms with Gasteiger partial charge in [0.15, 0.2) is 5.76 Å². The van der Waals surface area contributed by atoms with Gasteiger partial charge in [-0.1, -0.05) is 64.4 Å². The highest BCUT2D eigenvalue weighted by Gasteiger charge is 2.42. The molecule has 0 unspecified atom stereocenters. The summed E-state index contributed by atoms with van der Waals surface area (Å²) in [6.45, 7) is 11.8. The first-order chi connectivity index (χ1) is 11.3. The third kappa shape index (κ3) is 3.19. The van der Waals surface area contributed by atoms with E-state index >= 15 is 0 Å². The van der Waals surface area contributed by atoms with E-state index in [0.717, 1.165) is 12.2 Å². The van der Waals surface area contributed by atoms with Crippen molar-refractivity contribution >= 4 is 12.2 Å². The molecule has 0 saturated heterocycles. The summed E-state index contributed by atoms with van der Waals surface area (Å²) in [4.78, 5) is 0. The lowest BCUT2D eigenvalue weighted by Crippen LogP contribution is -2.18. The second-order valence-corrected chi connectivity index (χ2v) is 8.39. The zero-order valence-corrected chi connectivity index (χ0v) is 15.6. The van der Waals surface area contributed by atoms with Crippen LogP contribution in [-0.2, 0) is 17.3 Å². The smallest absolute Gasteiger partial charge is 0.159 e. The van der Waals surface area contributed by atoms with Gasteiger partial charge in [0.25, 0.3) is 0 Å². The van der Waals surface area contributed by atoms with E-state index in [1.807, 2.05) is 12.1 Å². The van der Waals surface area contributed by atoms with E-state index in [2.05, 4.69) is 58.0 Å². The molecule has 24 heavy (non-hydrogen) atoms. The van der Waals surface area contributed by atoms with Gasteiger partial charge in [0, 0.05) is 6.07 Å². The summed E-state index contributed by atoms with van der Waals surface area (Å²) in [5.41, 5.74) is 6.31. The van der Waals surface area contributed by atoms with Crippen LogP contribution in [0.1, 0.15) is 81.9 Å². The SMILES string of the molecule is CCCCc1cc2c(cc1C=Cc1ccno1)C(C)(C)CC2(C)C. The maximum absolute atomic E-state index is 5.21. The Kier molecular flexibility index (Phi) is 4.42. The van der Waals surface area contributed by atoms with Crippen molar-refractivity contribution < 1.29 is 4.52 Å². The van der Waals surface area contributed by atoms with Gasteiger partial charge in [0.1, 0.15) is 0 Å². The summed E-state index contributed by atoms with van der Waals surface area (Å²) in [5.74, 6) is 0.802. The second-order valence-electron chi connectivity index (χ2n) is 8.39. The fraction of sp³-hybridized carbons (Fsp3) is 0.500. The summed E-state index contributed by atoms with van der Waals surface area (Å²) in [7, 11) is 0. The van der Waals surface area contributed by atoms with Gasteiger partial charge in [0.05, 0.1) is 6.20 Å². The first kappa shape index (κ1) is 17.0. The molecule has 2 nitrogen and oxygen atoms in total. The highest BCUT2D eigenvalue weighted by Crippen LogP contribution is 2.50. The van der Waals surface area contributed by atoms with E-state index in [1.54, 1.807) is 6.20 Å². The molecule has 2 aromatic rings. The van der Waals surface area contributed by atoms with Gasteiger partial charge in [-0.15, -0.1) is 0 Å². The number of nitrogens with zero attached hydrogens (tertiary/aromatic N) is 1. The Morgan fingerprint density at radius 2 is 1.79 bits per heavy atom. The van der Waals surface area contributed by atoms with Gasteiger partial charge in [-0.3, -0.25) is 0 Å². The molecule has 1 aliphatic carbocycles. The van der Waals surface area contributed by atoms with E-state index in [4.69, 9.17) is 4.52 Å².